The highest BCUT2D eigenvalue weighted by Gasteiger charge is 2.38. The van der Waals surface area contributed by atoms with Crippen molar-refractivity contribution in [3.05, 3.63) is 71.3 Å². The average molecular weight is 423 g/mol. The van der Waals surface area contributed by atoms with Gasteiger partial charge < -0.3 is 15.7 Å². The van der Waals surface area contributed by atoms with Crippen LogP contribution in [-0.4, -0.2) is 28.9 Å². The van der Waals surface area contributed by atoms with Gasteiger partial charge in [-0.2, -0.15) is 0 Å². The Balaban J connectivity index is 1.57. The van der Waals surface area contributed by atoms with Crippen LogP contribution in [0.25, 0.3) is 0 Å². The molecule has 3 N–H and O–H groups in total. The Morgan fingerprint density at radius 2 is 1.68 bits per heavy atom. The molecule has 31 heavy (non-hydrogen) atoms. The maximum Gasteiger partial charge on any atom is 0.326 e. The third-order valence-corrected chi connectivity index (χ3v) is 5.83. The van der Waals surface area contributed by atoms with E-state index >= 15 is 0 Å². The first-order chi connectivity index (χ1) is 14.8. The summed E-state index contributed by atoms with van der Waals surface area (Å²) in [6.45, 7) is 4.34. The summed E-state index contributed by atoms with van der Waals surface area (Å²) >= 11 is 0. The van der Waals surface area contributed by atoms with Crippen molar-refractivity contribution in [3.63, 3.8) is 0 Å². The number of amides is 2. The monoisotopic (exact) mass is 422 g/mol. The Morgan fingerprint density at radius 3 is 2.23 bits per heavy atom. The van der Waals surface area contributed by atoms with Crippen molar-refractivity contribution in [3.8, 4) is 0 Å². The largest absolute Gasteiger partial charge is 0.480 e. The number of carboxylic acids is 1. The average Bonchev–Trinajstić information content (AvgIpc) is 2.71. The molecule has 0 aromatic heterocycles. The molecule has 0 saturated heterocycles. The Kier molecular flexibility index (Phi) is 7.45. The van der Waals surface area contributed by atoms with E-state index in [9.17, 15) is 19.5 Å². The van der Waals surface area contributed by atoms with Gasteiger partial charge in [-0.05, 0) is 54.4 Å². The molecular formula is C25H30N2O4. The minimum atomic E-state index is -0.996. The highest BCUT2D eigenvalue weighted by molar-refractivity contribution is 5.94. The normalized spacial score (nSPS) is 18.7. The number of carboxylic acid groups (broad SMARTS) is 1. The summed E-state index contributed by atoms with van der Waals surface area (Å²) in [5, 5.41) is 15.0. The molecule has 6 nitrogen and oxygen atoms in total. The van der Waals surface area contributed by atoms with Crippen LogP contribution in [0.4, 0.5) is 0 Å². The van der Waals surface area contributed by atoms with Crippen LogP contribution in [0.5, 0.6) is 0 Å². The smallest absolute Gasteiger partial charge is 0.326 e. The standard InChI is InChI=1S/C25H30N2O4/c1-16(2)14-22(25(30)31)27-24(29)21-13-12-20(21)18-8-10-19(11-9-18)23(28)26-15-17-6-4-3-5-7-17/h3-11,16,20-22H,12-15H2,1-2H3,(H,26,28)(H,27,29)(H,30,31)/t20-,21?,22-/m0/s1. The number of nitrogens with one attached hydrogen (secondary N) is 2. The molecule has 0 spiro atoms. The maximum atomic E-state index is 12.7. The van der Waals surface area contributed by atoms with Crippen LogP contribution in [-0.2, 0) is 16.1 Å². The molecule has 6 heteroatoms. The number of carbonyl (C=O) groups is 3. The first-order valence-electron chi connectivity index (χ1n) is 10.8. The second-order valence-electron chi connectivity index (χ2n) is 8.61. The van der Waals surface area contributed by atoms with E-state index in [1.165, 1.54) is 0 Å². The highest BCUT2D eigenvalue weighted by Crippen LogP contribution is 2.42. The van der Waals surface area contributed by atoms with Crippen molar-refractivity contribution in [1.82, 2.24) is 10.6 Å². The molecule has 164 valence electrons. The number of hydrogen-bond donors (Lipinski definition) is 3. The summed E-state index contributed by atoms with van der Waals surface area (Å²) in [7, 11) is 0. The molecule has 1 aliphatic rings. The van der Waals surface area contributed by atoms with E-state index in [1.54, 1.807) is 12.1 Å². The molecule has 1 unspecified atom stereocenters. The van der Waals surface area contributed by atoms with Crippen LogP contribution in [0.2, 0.25) is 0 Å². The van der Waals surface area contributed by atoms with E-state index in [1.807, 2.05) is 56.3 Å². The first kappa shape index (κ1) is 22.5. The number of aliphatic carboxylic acids is 1. The van der Waals surface area contributed by atoms with E-state index in [2.05, 4.69) is 10.6 Å². The van der Waals surface area contributed by atoms with Gasteiger partial charge in [-0.15, -0.1) is 0 Å². The Hall–Kier alpha value is -3.15. The summed E-state index contributed by atoms with van der Waals surface area (Å²) in [5.41, 5.74) is 2.61. The van der Waals surface area contributed by atoms with E-state index in [0.717, 1.165) is 24.0 Å². The molecule has 0 bridgehead atoms. The molecular weight excluding hydrogens is 392 g/mol. The van der Waals surface area contributed by atoms with Gasteiger partial charge in [0, 0.05) is 18.0 Å². The summed E-state index contributed by atoms with van der Waals surface area (Å²) < 4.78 is 0. The summed E-state index contributed by atoms with van der Waals surface area (Å²) in [4.78, 5) is 36.5. The predicted octanol–water partition coefficient (Wildman–Crippen LogP) is 3.73. The van der Waals surface area contributed by atoms with Gasteiger partial charge in [0.15, 0.2) is 0 Å². The third kappa shape index (κ3) is 5.94. The lowest BCUT2D eigenvalue weighted by Crippen LogP contribution is -2.47. The van der Waals surface area contributed by atoms with Crippen molar-refractivity contribution in [2.75, 3.05) is 0 Å². The fraction of sp³-hybridized carbons (Fsp3) is 0.400. The van der Waals surface area contributed by atoms with Gasteiger partial charge in [-0.3, -0.25) is 9.59 Å². The molecule has 3 rings (SSSR count). The van der Waals surface area contributed by atoms with Crippen LogP contribution < -0.4 is 10.6 Å². The van der Waals surface area contributed by atoms with Crippen molar-refractivity contribution >= 4 is 17.8 Å². The molecule has 1 aliphatic carbocycles. The van der Waals surface area contributed by atoms with Gasteiger partial charge in [0.1, 0.15) is 6.04 Å². The quantitative estimate of drug-likeness (QED) is 0.574. The summed E-state index contributed by atoms with van der Waals surface area (Å²) in [6, 6.07) is 16.2. The van der Waals surface area contributed by atoms with Crippen LogP contribution in [0, 0.1) is 11.8 Å². The Labute approximate surface area is 183 Å². The van der Waals surface area contributed by atoms with E-state index in [0.29, 0.717) is 18.5 Å². The number of benzene rings is 2. The molecule has 3 atom stereocenters. The third-order valence-electron chi connectivity index (χ3n) is 5.83. The Morgan fingerprint density at radius 1 is 1.00 bits per heavy atom. The molecule has 0 radical (unpaired) electrons. The highest BCUT2D eigenvalue weighted by atomic mass is 16.4. The minimum absolute atomic E-state index is 0.0509. The van der Waals surface area contributed by atoms with Gasteiger partial charge in [-0.1, -0.05) is 56.3 Å². The number of hydrogen-bond acceptors (Lipinski definition) is 3. The topological polar surface area (TPSA) is 95.5 Å². The van der Waals surface area contributed by atoms with Crippen molar-refractivity contribution < 1.29 is 19.5 Å². The summed E-state index contributed by atoms with van der Waals surface area (Å²) in [5.74, 6) is -1.34. The minimum Gasteiger partial charge on any atom is -0.480 e. The van der Waals surface area contributed by atoms with Crippen LogP contribution in [0.15, 0.2) is 54.6 Å². The second-order valence-corrected chi connectivity index (χ2v) is 8.61. The van der Waals surface area contributed by atoms with Crippen LogP contribution in [0.1, 0.15) is 60.5 Å². The fourth-order valence-electron chi connectivity index (χ4n) is 3.95. The SMILES string of the molecule is CC(C)C[C@H](NC(=O)C1CC[C@H]1c1ccc(C(=O)NCc2ccccc2)cc1)C(=O)O. The van der Waals surface area contributed by atoms with Gasteiger partial charge in [0.2, 0.25) is 5.91 Å². The molecule has 1 fully saturated rings. The predicted molar refractivity (Wildman–Crippen MR) is 119 cm³/mol. The van der Waals surface area contributed by atoms with E-state index in [4.69, 9.17) is 0 Å². The zero-order valence-corrected chi connectivity index (χ0v) is 18.0. The van der Waals surface area contributed by atoms with Crippen molar-refractivity contribution in [1.29, 1.82) is 0 Å². The summed E-state index contributed by atoms with van der Waals surface area (Å²) in [6.07, 6.45) is 2.02. The Bertz CT molecular complexity index is 909. The van der Waals surface area contributed by atoms with Gasteiger partial charge in [-0.25, -0.2) is 4.79 Å². The van der Waals surface area contributed by atoms with Crippen molar-refractivity contribution in [2.45, 2.75) is 51.6 Å². The zero-order chi connectivity index (χ0) is 22.4. The number of rotatable bonds is 9. The van der Waals surface area contributed by atoms with E-state index in [-0.39, 0.29) is 29.6 Å². The fourth-order valence-corrected chi connectivity index (χ4v) is 3.95. The van der Waals surface area contributed by atoms with Gasteiger partial charge in [0.25, 0.3) is 5.91 Å². The second kappa shape index (κ2) is 10.2. The van der Waals surface area contributed by atoms with Crippen molar-refractivity contribution in [2.24, 2.45) is 11.8 Å². The molecule has 2 aromatic carbocycles. The van der Waals surface area contributed by atoms with Gasteiger partial charge >= 0.3 is 5.97 Å². The molecule has 1 saturated carbocycles. The first-order valence-corrected chi connectivity index (χ1v) is 10.8. The van der Waals surface area contributed by atoms with Gasteiger partial charge in [0.05, 0.1) is 0 Å². The molecule has 2 aromatic rings. The lowest BCUT2D eigenvalue weighted by atomic mass is 9.69. The lowest BCUT2D eigenvalue weighted by molar-refractivity contribution is -0.143. The zero-order valence-electron chi connectivity index (χ0n) is 18.0. The number of carbonyl (C=O) groups excluding carboxylic acids is 2. The molecule has 0 aliphatic heterocycles. The van der Waals surface area contributed by atoms with Crippen LogP contribution in [0.3, 0.4) is 0 Å². The molecule has 0 heterocycles. The van der Waals surface area contributed by atoms with E-state index < -0.39 is 12.0 Å². The van der Waals surface area contributed by atoms with Crippen LogP contribution >= 0.6 is 0 Å². The lowest BCUT2D eigenvalue weighted by Gasteiger charge is -2.36. The molecule has 2 amide bonds. The maximum absolute atomic E-state index is 12.7.